The van der Waals surface area contributed by atoms with E-state index in [-0.39, 0.29) is 22.4 Å². The lowest BCUT2D eigenvalue weighted by atomic mass is 10.1. The predicted octanol–water partition coefficient (Wildman–Crippen LogP) is 4.03. The molecular formula is C24H23ClF4N6O4S. The number of rotatable bonds is 6. The molecular weight excluding hydrogens is 580 g/mol. The lowest BCUT2D eigenvalue weighted by molar-refractivity contribution is -0.192. The highest BCUT2D eigenvalue weighted by Gasteiger charge is 2.38. The van der Waals surface area contributed by atoms with Gasteiger partial charge in [0, 0.05) is 56.9 Å². The van der Waals surface area contributed by atoms with Crippen LogP contribution >= 0.6 is 22.9 Å². The maximum absolute atomic E-state index is 14.2. The molecule has 3 heterocycles. The number of carbonyl (C=O) groups excluding carboxylic acids is 2. The van der Waals surface area contributed by atoms with E-state index in [2.05, 4.69) is 25.5 Å². The van der Waals surface area contributed by atoms with Crippen molar-refractivity contribution in [3.63, 3.8) is 0 Å². The van der Waals surface area contributed by atoms with Crippen LogP contribution in [0, 0.1) is 5.82 Å². The first-order chi connectivity index (χ1) is 18.9. The van der Waals surface area contributed by atoms with Gasteiger partial charge in [-0.1, -0.05) is 17.7 Å². The van der Waals surface area contributed by atoms with E-state index in [0.717, 1.165) is 5.69 Å². The summed E-state index contributed by atoms with van der Waals surface area (Å²) in [6.07, 6.45) is -3.40. The Kier molecular flexibility index (Phi) is 10.4. The van der Waals surface area contributed by atoms with Gasteiger partial charge < -0.3 is 20.6 Å². The summed E-state index contributed by atoms with van der Waals surface area (Å²) in [4.78, 5) is 46.4. The number of pyridine rings is 1. The van der Waals surface area contributed by atoms with E-state index in [4.69, 9.17) is 21.5 Å². The van der Waals surface area contributed by atoms with Crippen LogP contribution in [0.25, 0.3) is 0 Å². The van der Waals surface area contributed by atoms with Crippen LogP contribution in [-0.2, 0) is 11.3 Å². The number of carboxylic acid groups (broad SMARTS) is 1. The lowest BCUT2D eigenvalue weighted by Gasteiger charge is -2.34. The van der Waals surface area contributed by atoms with E-state index in [1.807, 2.05) is 5.38 Å². The molecule has 214 valence electrons. The molecule has 0 radical (unpaired) electrons. The van der Waals surface area contributed by atoms with Gasteiger partial charge >= 0.3 is 12.1 Å². The number of carbonyl (C=O) groups is 3. The number of thiazole rings is 1. The Labute approximate surface area is 234 Å². The molecule has 1 fully saturated rings. The van der Waals surface area contributed by atoms with Crippen molar-refractivity contribution in [3.05, 3.63) is 69.6 Å². The van der Waals surface area contributed by atoms with Crippen LogP contribution in [0.15, 0.2) is 41.9 Å². The van der Waals surface area contributed by atoms with Gasteiger partial charge in [0.25, 0.3) is 11.8 Å². The van der Waals surface area contributed by atoms with Crippen LogP contribution in [0.1, 0.15) is 26.4 Å². The highest BCUT2D eigenvalue weighted by Crippen LogP contribution is 2.22. The standard InChI is InChI=1S/C22H22ClFN6O2S.C2HF3O2/c1-25-20(31)14-11-15(27-18(12-14)28-22-26-5-10-33-22)13-29-6-8-30(9-7-29)21(32)16-3-2-4-17(23)19(16)24;3-2(4,5)1(6)7/h2-5,10-12H,6-9,13H2,1H3,(H,25,31)(H,26,27,28);(H,6,7). The van der Waals surface area contributed by atoms with Crippen LogP contribution in [-0.4, -0.2) is 82.1 Å². The van der Waals surface area contributed by atoms with Crippen molar-refractivity contribution in [2.45, 2.75) is 12.7 Å². The lowest BCUT2D eigenvalue weighted by Crippen LogP contribution is -2.48. The largest absolute Gasteiger partial charge is 0.490 e. The van der Waals surface area contributed by atoms with E-state index < -0.39 is 18.0 Å². The van der Waals surface area contributed by atoms with E-state index in [0.29, 0.717) is 49.2 Å². The highest BCUT2D eigenvalue weighted by atomic mass is 35.5. The quantitative estimate of drug-likeness (QED) is 0.361. The molecule has 0 atom stereocenters. The van der Waals surface area contributed by atoms with E-state index >= 15 is 0 Å². The summed E-state index contributed by atoms with van der Waals surface area (Å²) in [7, 11) is 1.58. The molecule has 1 aliphatic rings. The Morgan fingerprint density at radius 1 is 1.15 bits per heavy atom. The third-order valence-electron chi connectivity index (χ3n) is 5.50. The van der Waals surface area contributed by atoms with Crippen molar-refractivity contribution in [2.75, 3.05) is 38.5 Å². The molecule has 1 saturated heterocycles. The number of carboxylic acids is 1. The third kappa shape index (κ3) is 8.34. The van der Waals surface area contributed by atoms with Gasteiger partial charge in [-0.05, 0) is 24.3 Å². The summed E-state index contributed by atoms with van der Waals surface area (Å²) in [6, 6.07) is 7.87. The van der Waals surface area contributed by atoms with Crippen molar-refractivity contribution in [1.29, 1.82) is 0 Å². The first-order valence-corrected chi connectivity index (χ1v) is 12.8. The topological polar surface area (TPSA) is 128 Å². The molecule has 4 rings (SSSR count). The molecule has 40 heavy (non-hydrogen) atoms. The molecule has 2 amide bonds. The fraction of sp³-hybridized carbons (Fsp3) is 0.292. The molecule has 2 aromatic heterocycles. The van der Waals surface area contributed by atoms with Gasteiger partial charge in [-0.25, -0.2) is 19.2 Å². The normalized spacial score (nSPS) is 13.7. The molecule has 3 N–H and O–H groups in total. The summed E-state index contributed by atoms with van der Waals surface area (Å²) < 4.78 is 46.0. The molecule has 3 aromatic rings. The maximum Gasteiger partial charge on any atom is 0.490 e. The molecule has 0 bridgehead atoms. The first kappa shape index (κ1) is 30.7. The van der Waals surface area contributed by atoms with Crippen molar-refractivity contribution < 1.29 is 37.1 Å². The fourth-order valence-corrected chi connectivity index (χ4v) is 4.29. The summed E-state index contributed by atoms with van der Waals surface area (Å²) in [5.41, 5.74) is 1.19. The van der Waals surface area contributed by atoms with Crippen molar-refractivity contribution in [2.24, 2.45) is 0 Å². The first-order valence-electron chi connectivity index (χ1n) is 11.5. The van der Waals surface area contributed by atoms with Gasteiger partial charge in [-0.2, -0.15) is 13.2 Å². The van der Waals surface area contributed by atoms with Gasteiger partial charge in [0.2, 0.25) is 0 Å². The summed E-state index contributed by atoms with van der Waals surface area (Å²) >= 11 is 7.25. The SMILES string of the molecule is CNC(=O)c1cc(CN2CCN(C(=O)c3cccc(Cl)c3F)CC2)nc(Nc2nccs2)c1.O=C(O)C(F)(F)F. The number of nitrogens with one attached hydrogen (secondary N) is 2. The second-order valence-corrected chi connectivity index (χ2v) is 9.55. The third-order valence-corrected chi connectivity index (χ3v) is 6.49. The second-order valence-electron chi connectivity index (χ2n) is 8.25. The van der Waals surface area contributed by atoms with Crippen LogP contribution < -0.4 is 10.6 Å². The minimum Gasteiger partial charge on any atom is -0.475 e. The van der Waals surface area contributed by atoms with Crippen molar-refractivity contribution >= 4 is 51.7 Å². The Bertz CT molecular complexity index is 1350. The number of nitrogens with zero attached hydrogens (tertiary/aromatic N) is 4. The van der Waals surface area contributed by atoms with E-state index in [1.165, 1.54) is 23.5 Å². The van der Waals surface area contributed by atoms with Gasteiger partial charge in [0.1, 0.15) is 5.82 Å². The number of piperazine rings is 1. The van der Waals surface area contributed by atoms with Gasteiger partial charge in [-0.15, -0.1) is 11.3 Å². The van der Waals surface area contributed by atoms with E-state index in [1.54, 1.807) is 36.3 Å². The molecule has 1 aliphatic heterocycles. The fourth-order valence-electron chi connectivity index (χ4n) is 3.58. The van der Waals surface area contributed by atoms with Gasteiger partial charge in [0.15, 0.2) is 10.9 Å². The monoisotopic (exact) mass is 602 g/mol. The predicted molar refractivity (Wildman–Crippen MR) is 139 cm³/mol. The highest BCUT2D eigenvalue weighted by molar-refractivity contribution is 7.13. The number of halogens is 5. The Balaban J connectivity index is 0.000000559. The molecule has 0 saturated carbocycles. The van der Waals surface area contributed by atoms with Gasteiger partial charge in [-0.3, -0.25) is 14.5 Å². The minimum absolute atomic E-state index is 0.0196. The minimum atomic E-state index is -5.08. The molecule has 0 unspecified atom stereocenters. The van der Waals surface area contributed by atoms with Gasteiger partial charge in [0.05, 0.1) is 16.3 Å². The van der Waals surface area contributed by atoms with E-state index in [9.17, 15) is 27.2 Å². The molecule has 10 nitrogen and oxygen atoms in total. The summed E-state index contributed by atoms with van der Waals surface area (Å²) in [5, 5.41) is 15.4. The number of amides is 2. The zero-order chi connectivity index (χ0) is 29.4. The number of hydrogen-bond acceptors (Lipinski definition) is 8. The maximum atomic E-state index is 14.2. The van der Waals surface area contributed by atoms with Crippen molar-refractivity contribution in [1.82, 2.24) is 25.1 Å². The second kappa shape index (κ2) is 13.5. The number of anilines is 2. The van der Waals surface area contributed by atoms with Crippen LogP contribution in [0.4, 0.5) is 28.5 Å². The number of benzene rings is 1. The van der Waals surface area contributed by atoms with Crippen LogP contribution in [0.2, 0.25) is 5.02 Å². The Morgan fingerprint density at radius 3 is 2.40 bits per heavy atom. The number of alkyl halides is 3. The Morgan fingerprint density at radius 2 is 1.82 bits per heavy atom. The number of aromatic nitrogens is 2. The van der Waals surface area contributed by atoms with Crippen molar-refractivity contribution in [3.8, 4) is 0 Å². The summed E-state index contributed by atoms with van der Waals surface area (Å²) in [5.74, 6) is -3.50. The molecule has 0 aliphatic carbocycles. The zero-order valence-electron chi connectivity index (χ0n) is 20.8. The summed E-state index contributed by atoms with van der Waals surface area (Å²) in [6.45, 7) is 2.59. The zero-order valence-corrected chi connectivity index (χ0v) is 22.4. The Hall–Kier alpha value is -3.82. The molecule has 1 aromatic carbocycles. The van der Waals surface area contributed by atoms with Crippen LogP contribution in [0.5, 0.6) is 0 Å². The number of aliphatic carboxylic acids is 1. The molecule has 16 heteroatoms. The molecule has 0 spiro atoms. The smallest absolute Gasteiger partial charge is 0.475 e. The average molecular weight is 603 g/mol. The number of hydrogen-bond donors (Lipinski definition) is 3. The average Bonchev–Trinajstić information content (AvgIpc) is 3.42. The van der Waals surface area contributed by atoms with Crippen LogP contribution in [0.3, 0.4) is 0 Å².